The van der Waals surface area contributed by atoms with Gasteiger partial charge in [0.15, 0.2) is 0 Å². The van der Waals surface area contributed by atoms with Crippen LogP contribution >= 0.6 is 0 Å². The Morgan fingerprint density at radius 3 is 1.94 bits per heavy atom. The molecule has 0 atom stereocenters. The summed E-state index contributed by atoms with van der Waals surface area (Å²) in [6.07, 6.45) is 3.30. The smallest absolute Gasteiger partial charge is 0.253 e. The minimum atomic E-state index is 0.182. The van der Waals surface area contributed by atoms with Crippen LogP contribution in [-0.2, 0) is 13.0 Å². The number of hydrogen-bond acceptors (Lipinski definition) is 3. The van der Waals surface area contributed by atoms with E-state index in [1.807, 2.05) is 17.0 Å². The quantitative estimate of drug-likeness (QED) is 0.519. The second kappa shape index (κ2) is 10.9. The molecular formula is C30H35N3O. The first-order valence-corrected chi connectivity index (χ1v) is 12.7. The number of rotatable bonds is 6. The minimum absolute atomic E-state index is 0.182. The number of amides is 1. The number of para-hydroxylation sites is 1. The number of carbonyl (C=O) groups excluding carboxylic acids is 1. The molecule has 176 valence electrons. The van der Waals surface area contributed by atoms with Crippen LogP contribution in [-0.4, -0.2) is 55.0 Å². The van der Waals surface area contributed by atoms with Gasteiger partial charge in [-0.3, -0.25) is 9.69 Å². The number of hydrogen-bond donors (Lipinski definition) is 0. The molecule has 0 aliphatic carbocycles. The van der Waals surface area contributed by atoms with Crippen molar-refractivity contribution in [1.82, 2.24) is 9.80 Å². The number of anilines is 1. The van der Waals surface area contributed by atoms with E-state index in [0.717, 1.165) is 70.6 Å². The normalized spacial score (nSPS) is 17.6. The molecule has 3 aromatic carbocycles. The minimum Gasteiger partial charge on any atom is -0.369 e. The molecule has 4 nitrogen and oxygen atoms in total. The lowest BCUT2D eigenvalue weighted by atomic mass is 9.90. The maximum Gasteiger partial charge on any atom is 0.253 e. The second-order valence-corrected chi connectivity index (χ2v) is 9.72. The first-order chi connectivity index (χ1) is 16.7. The summed E-state index contributed by atoms with van der Waals surface area (Å²) >= 11 is 0. The fraction of sp³-hybridized carbons (Fsp3) is 0.367. The van der Waals surface area contributed by atoms with Gasteiger partial charge in [-0.2, -0.15) is 0 Å². The number of carbonyl (C=O) groups is 1. The molecule has 0 spiro atoms. The van der Waals surface area contributed by atoms with Crippen LogP contribution in [0.25, 0.3) is 0 Å². The van der Waals surface area contributed by atoms with Gasteiger partial charge in [0.2, 0.25) is 0 Å². The van der Waals surface area contributed by atoms with Crippen LogP contribution in [0.15, 0.2) is 84.9 Å². The molecule has 1 amide bonds. The Balaban J connectivity index is 1.08. The molecule has 2 saturated heterocycles. The van der Waals surface area contributed by atoms with Crippen molar-refractivity contribution in [2.75, 3.05) is 44.2 Å². The Hall–Kier alpha value is -3.11. The summed E-state index contributed by atoms with van der Waals surface area (Å²) in [6, 6.07) is 29.7. The van der Waals surface area contributed by atoms with E-state index in [9.17, 15) is 4.79 Å². The molecule has 2 aliphatic heterocycles. The standard InChI is InChI=1S/C30H35N3O/c34-30(33-17-15-26(16-18-33)23-25-7-3-1-4-8-25)28-13-11-27(12-14-28)24-31-19-21-32(22-20-31)29-9-5-2-6-10-29/h1-14,26H,15-24H2. The van der Waals surface area contributed by atoms with E-state index in [4.69, 9.17) is 0 Å². The van der Waals surface area contributed by atoms with Crippen LogP contribution in [0.3, 0.4) is 0 Å². The van der Waals surface area contributed by atoms with Crippen LogP contribution in [0.4, 0.5) is 5.69 Å². The van der Waals surface area contributed by atoms with Crippen LogP contribution in [0.1, 0.15) is 34.3 Å². The Bertz CT molecular complexity index is 1040. The summed E-state index contributed by atoms with van der Waals surface area (Å²) < 4.78 is 0. The molecule has 2 heterocycles. The van der Waals surface area contributed by atoms with Gasteiger partial charge in [-0.05, 0) is 60.6 Å². The summed E-state index contributed by atoms with van der Waals surface area (Å²) in [5.41, 5.74) is 4.82. The first-order valence-electron chi connectivity index (χ1n) is 12.7. The SMILES string of the molecule is O=C(c1ccc(CN2CCN(c3ccccc3)CC2)cc1)N1CCC(Cc2ccccc2)CC1. The van der Waals surface area contributed by atoms with Crippen molar-refractivity contribution in [3.63, 3.8) is 0 Å². The fourth-order valence-corrected chi connectivity index (χ4v) is 5.28. The Kier molecular flexibility index (Phi) is 7.25. The van der Waals surface area contributed by atoms with Gasteiger partial charge < -0.3 is 9.80 Å². The van der Waals surface area contributed by atoms with Crippen LogP contribution in [0.5, 0.6) is 0 Å². The zero-order valence-electron chi connectivity index (χ0n) is 20.0. The fourth-order valence-electron chi connectivity index (χ4n) is 5.28. The highest BCUT2D eigenvalue weighted by Gasteiger charge is 2.24. The van der Waals surface area contributed by atoms with Crippen molar-refractivity contribution in [2.24, 2.45) is 5.92 Å². The highest BCUT2D eigenvalue weighted by Crippen LogP contribution is 2.23. The Labute approximate surface area is 203 Å². The summed E-state index contributed by atoms with van der Waals surface area (Å²) in [5.74, 6) is 0.859. The molecule has 34 heavy (non-hydrogen) atoms. The van der Waals surface area contributed by atoms with Crippen molar-refractivity contribution in [3.8, 4) is 0 Å². The highest BCUT2D eigenvalue weighted by molar-refractivity contribution is 5.94. The van der Waals surface area contributed by atoms with E-state index in [0.29, 0.717) is 5.92 Å². The second-order valence-electron chi connectivity index (χ2n) is 9.72. The monoisotopic (exact) mass is 453 g/mol. The average Bonchev–Trinajstić information content (AvgIpc) is 2.91. The van der Waals surface area contributed by atoms with E-state index in [-0.39, 0.29) is 5.91 Å². The summed E-state index contributed by atoms with van der Waals surface area (Å²) in [7, 11) is 0. The number of piperidine rings is 1. The van der Waals surface area contributed by atoms with Crippen molar-refractivity contribution < 1.29 is 4.79 Å². The maximum absolute atomic E-state index is 13.0. The summed E-state index contributed by atoms with van der Waals surface area (Å²) in [6.45, 7) is 6.91. The topological polar surface area (TPSA) is 26.8 Å². The molecule has 3 aromatic rings. The zero-order chi connectivity index (χ0) is 23.2. The van der Waals surface area contributed by atoms with E-state index in [1.165, 1.54) is 16.8 Å². The molecule has 2 fully saturated rings. The number of benzene rings is 3. The third-order valence-corrected chi connectivity index (χ3v) is 7.37. The lowest BCUT2D eigenvalue weighted by Crippen LogP contribution is -2.45. The molecule has 0 unspecified atom stereocenters. The van der Waals surface area contributed by atoms with Gasteiger partial charge in [-0.1, -0.05) is 60.7 Å². The van der Waals surface area contributed by atoms with E-state index >= 15 is 0 Å². The predicted octanol–water partition coefficient (Wildman–Crippen LogP) is 5.10. The lowest BCUT2D eigenvalue weighted by Gasteiger charge is -2.36. The maximum atomic E-state index is 13.0. The number of nitrogens with zero attached hydrogens (tertiary/aromatic N) is 3. The summed E-state index contributed by atoms with van der Waals surface area (Å²) in [5, 5.41) is 0. The van der Waals surface area contributed by atoms with Gasteiger partial charge >= 0.3 is 0 Å². The van der Waals surface area contributed by atoms with Gasteiger partial charge in [0.05, 0.1) is 0 Å². The predicted molar refractivity (Wildman–Crippen MR) is 139 cm³/mol. The van der Waals surface area contributed by atoms with Crippen molar-refractivity contribution in [3.05, 3.63) is 102 Å². The van der Waals surface area contributed by atoms with E-state index in [2.05, 4.69) is 82.6 Å². The molecule has 4 heteroatoms. The van der Waals surface area contributed by atoms with Crippen molar-refractivity contribution in [1.29, 1.82) is 0 Å². The third-order valence-electron chi connectivity index (χ3n) is 7.37. The van der Waals surface area contributed by atoms with E-state index in [1.54, 1.807) is 0 Å². The number of likely N-dealkylation sites (tertiary alicyclic amines) is 1. The molecule has 5 rings (SSSR count). The van der Waals surface area contributed by atoms with Crippen LogP contribution in [0.2, 0.25) is 0 Å². The third kappa shape index (κ3) is 5.68. The molecule has 0 N–H and O–H groups in total. The van der Waals surface area contributed by atoms with Crippen molar-refractivity contribution >= 4 is 11.6 Å². The molecule has 0 radical (unpaired) electrons. The van der Waals surface area contributed by atoms with Crippen LogP contribution < -0.4 is 4.90 Å². The molecule has 2 aliphatic rings. The van der Waals surface area contributed by atoms with Crippen molar-refractivity contribution in [2.45, 2.75) is 25.8 Å². The highest BCUT2D eigenvalue weighted by atomic mass is 16.2. The van der Waals surface area contributed by atoms with Gasteiger partial charge in [0.1, 0.15) is 0 Å². The first kappa shape index (κ1) is 22.7. The van der Waals surface area contributed by atoms with Gasteiger partial charge in [0.25, 0.3) is 5.91 Å². The largest absolute Gasteiger partial charge is 0.369 e. The lowest BCUT2D eigenvalue weighted by molar-refractivity contribution is 0.0690. The molecule has 0 bridgehead atoms. The van der Waals surface area contributed by atoms with Gasteiger partial charge in [-0.15, -0.1) is 0 Å². The van der Waals surface area contributed by atoms with E-state index < -0.39 is 0 Å². The van der Waals surface area contributed by atoms with Crippen LogP contribution in [0, 0.1) is 5.92 Å². The molecule has 0 aromatic heterocycles. The summed E-state index contributed by atoms with van der Waals surface area (Å²) in [4.78, 5) is 20.1. The average molecular weight is 454 g/mol. The molecular weight excluding hydrogens is 418 g/mol. The van der Waals surface area contributed by atoms with Gasteiger partial charge in [0, 0.05) is 57.1 Å². The Morgan fingerprint density at radius 1 is 0.676 bits per heavy atom. The molecule has 0 saturated carbocycles. The zero-order valence-corrected chi connectivity index (χ0v) is 20.0. The number of piperazine rings is 1. The Morgan fingerprint density at radius 2 is 1.29 bits per heavy atom. The van der Waals surface area contributed by atoms with Gasteiger partial charge in [-0.25, -0.2) is 0 Å².